The van der Waals surface area contributed by atoms with Crippen molar-refractivity contribution in [3.8, 4) is 0 Å². The maximum absolute atomic E-state index is 6.73. The van der Waals surface area contributed by atoms with Gasteiger partial charge in [-0.25, -0.2) is 0 Å². The second-order valence-electron chi connectivity index (χ2n) is 10.6. The summed E-state index contributed by atoms with van der Waals surface area (Å²) in [4.78, 5) is 4.58. The van der Waals surface area contributed by atoms with Crippen molar-refractivity contribution in [2.45, 2.75) is 0 Å². The Bertz CT molecular complexity index is 2090. The van der Waals surface area contributed by atoms with Crippen LogP contribution in [0.2, 0.25) is 0 Å². The summed E-state index contributed by atoms with van der Waals surface area (Å²) in [6.45, 7) is 0. The van der Waals surface area contributed by atoms with E-state index in [2.05, 4.69) is 168 Å². The van der Waals surface area contributed by atoms with Crippen molar-refractivity contribution in [2.24, 2.45) is 0 Å². The summed E-state index contributed by atoms with van der Waals surface area (Å²) >= 11 is 0. The molecule has 7 aromatic carbocycles. The lowest BCUT2D eigenvalue weighted by atomic mass is 10.0. The fourth-order valence-electron chi connectivity index (χ4n) is 6.12. The zero-order valence-corrected chi connectivity index (χ0v) is 23.5. The van der Waals surface area contributed by atoms with E-state index in [0.29, 0.717) is 0 Å². The highest BCUT2D eigenvalue weighted by molar-refractivity contribution is 6.22. The van der Waals surface area contributed by atoms with Crippen molar-refractivity contribution in [2.75, 3.05) is 9.80 Å². The second-order valence-corrected chi connectivity index (χ2v) is 10.6. The summed E-state index contributed by atoms with van der Waals surface area (Å²) in [5.74, 6) is 0. The summed E-state index contributed by atoms with van der Waals surface area (Å²) in [6.07, 6.45) is 0. The van der Waals surface area contributed by atoms with Gasteiger partial charge in [-0.05, 0) is 66.0 Å². The van der Waals surface area contributed by atoms with E-state index in [1.165, 1.54) is 10.8 Å². The average molecular weight is 553 g/mol. The molecule has 0 aliphatic heterocycles. The third-order valence-corrected chi connectivity index (χ3v) is 8.00. The van der Waals surface area contributed by atoms with E-state index >= 15 is 0 Å². The van der Waals surface area contributed by atoms with Crippen LogP contribution < -0.4 is 9.80 Å². The SMILES string of the molecule is c1ccc(N(c2ccccc2)c2ccc3c(c2)oc2cc(N(c4ccccc4)c4ccccc4)c4ccccc4c23)cc1. The maximum Gasteiger partial charge on any atom is 0.138 e. The van der Waals surface area contributed by atoms with Gasteiger partial charge in [-0.3, -0.25) is 0 Å². The van der Waals surface area contributed by atoms with E-state index < -0.39 is 0 Å². The Labute approximate surface area is 250 Å². The van der Waals surface area contributed by atoms with Crippen LogP contribution in [0.1, 0.15) is 0 Å². The minimum absolute atomic E-state index is 0.859. The van der Waals surface area contributed by atoms with Crippen LogP contribution in [0.15, 0.2) is 174 Å². The van der Waals surface area contributed by atoms with Gasteiger partial charge in [0, 0.05) is 56.7 Å². The molecule has 43 heavy (non-hydrogen) atoms. The van der Waals surface area contributed by atoms with E-state index in [4.69, 9.17) is 4.42 Å². The van der Waals surface area contributed by atoms with Crippen molar-refractivity contribution in [3.05, 3.63) is 170 Å². The second kappa shape index (κ2) is 10.6. The third-order valence-electron chi connectivity index (χ3n) is 8.00. The molecule has 0 fully saturated rings. The molecule has 0 spiro atoms. The number of benzene rings is 7. The lowest BCUT2D eigenvalue weighted by molar-refractivity contribution is 0.669. The monoisotopic (exact) mass is 552 g/mol. The predicted octanol–water partition coefficient (Wildman–Crippen LogP) is 11.7. The maximum atomic E-state index is 6.73. The molecule has 8 rings (SSSR count). The Hall–Kier alpha value is -5.80. The van der Waals surface area contributed by atoms with Crippen LogP contribution >= 0.6 is 0 Å². The lowest BCUT2D eigenvalue weighted by Crippen LogP contribution is -2.10. The minimum atomic E-state index is 0.859. The molecule has 0 saturated heterocycles. The van der Waals surface area contributed by atoms with Gasteiger partial charge in [0.25, 0.3) is 0 Å². The zero-order valence-electron chi connectivity index (χ0n) is 23.5. The first-order valence-corrected chi connectivity index (χ1v) is 14.5. The summed E-state index contributed by atoms with van der Waals surface area (Å²) < 4.78 is 6.73. The summed E-state index contributed by atoms with van der Waals surface area (Å²) in [5, 5.41) is 4.58. The van der Waals surface area contributed by atoms with Crippen LogP contribution in [0, 0.1) is 0 Å². The van der Waals surface area contributed by atoms with Crippen LogP contribution in [0.4, 0.5) is 34.1 Å². The molecule has 1 heterocycles. The number of hydrogen-bond acceptors (Lipinski definition) is 3. The topological polar surface area (TPSA) is 19.6 Å². The van der Waals surface area contributed by atoms with Crippen LogP contribution in [-0.4, -0.2) is 0 Å². The number of anilines is 6. The standard InChI is InChI=1S/C40H28N2O/c1-5-15-29(16-6-1)41(30-17-7-2-8-18-30)33-25-26-36-38(27-33)43-39-28-37(34-23-13-14-24-35(34)40(36)39)42(31-19-9-3-10-20-31)32-21-11-4-12-22-32/h1-28H. The Morgan fingerprint density at radius 1 is 0.326 bits per heavy atom. The first kappa shape index (κ1) is 25.0. The van der Waals surface area contributed by atoms with E-state index in [1.54, 1.807) is 0 Å². The number of para-hydroxylation sites is 4. The molecular formula is C40H28N2O. The fourth-order valence-corrected chi connectivity index (χ4v) is 6.12. The largest absolute Gasteiger partial charge is 0.456 e. The van der Waals surface area contributed by atoms with Crippen LogP contribution in [0.5, 0.6) is 0 Å². The molecule has 0 saturated carbocycles. The number of rotatable bonds is 6. The molecule has 0 radical (unpaired) electrons. The molecule has 204 valence electrons. The number of fused-ring (bicyclic) bond motifs is 5. The highest BCUT2D eigenvalue weighted by atomic mass is 16.3. The molecule has 0 amide bonds. The van der Waals surface area contributed by atoms with Crippen LogP contribution in [0.25, 0.3) is 32.7 Å². The predicted molar refractivity (Wildman–Crippen MR) is 181 cm³/mol. The molecule has 0 unspecified atom stereocenters. The van der Waals surface area contributed by atoms with Crippen LogP contribution in [-0.2, 0) is 0 Å². The number of nitrogens with zero attached hydrogens (tertiary/aromatic N) is 2. The normalized spacial score (nSPS) is 11.3. The van der Waals surface area contributed by atoms with Gasteiger partial charge in [0.05, 0.1) is 5.69 Å². The molecule has 8 aromatic rings. The van der Waals surface area contributed by atoms with E-state index in [-0.39, 0.29) is 0 Å². The highest BCUT2D eigenvalue weighted by Gasteiger charge is 2.21. The third kappa shape index (κ3) is 4.39. The number of furan rings is 1. The first-order valence-electron chi connectivity index (χ1n) is 14.5. The van der Waals surface area contributed by atoms with Crippen LogP contribution in [0.3, 0.4) is 0 Å². The lowest BCUT2D eigenvalue weighted by Gasteiger charge is -2.27. The van der Waals surface area contributed by atoms with Gasteiger partial charge in [-0.15, -0.1) is 0 Å². The first-order chi connectivity index (χ1) is 21.3. The molecular weight excluding hydrogens is 524 g/mol. The van der Waals surface area contributed by atoms with Crippen molar-refractivity contribution >= 4 is 66.8 Å². The van der Waals surface area contributed by atoms with Gasteiger partial charge in [0.15, 0.2) is 0 Å². The Kier molecular flexibility index (Phi) is 6.12. The van der Waals surface area contributed by atoms with Gasteiger partial charge in [-0.1, -0.05) is 97.1 Å². The van der Waals surface area contributed by atoms with Crippen molar-refractivity contribution in [3.63, 3.8) is 0 Å². The molecule has 1 aromatic heterocycles. The average Bonchev–Trinajstić information content (AvgIpc) is 3.45. The highest BCUT2D eigenvalue weighted by Crippen LogP contribution is 2.45. The zero-order chi connectivity index (χ0) is 28.6. The van der Waals surface area contributed by atoms with Gasteiger partial charge < -0.3 is 14.2 Å². The van der Waals surface area contributed by atoms with Gasteiger partial charge in [0.2, 0.25) is 0 Å². The fraction of sp³-hybridized carbons (Fsp3) is 0. The molecule has 3 heteroatoms. The van der Waals surface area contributed by atoms with E-state index in [1.807, 2.05) is 12.1 Å². The summed E-state index contributed by atoms with van der Waals surface area (Å²) in [6, 6.07) is 59.4. The Morgan fingerprint density at radius 2 is 0.791 bits per heavy atom. The molecule has 0 aliphatic rings. The van der Waals surface area contributed by atoms with Crippen molar-refractivity contribution < 1.29 is 4.42 Å². The molecule has 0 aliphatic carbocycles. The van der Waals surface area contributed by atoms with Gasteiger partial charge in [-0.2, -0.15) is 0 Å². The Balaban J connectivity index is 1.36. The number of hydrogen-bond donors (Lipinski definition) is 0. The van der Waals surface area contributed by atoms with E-state index in [9.17, 15) is 0 Å². The van der Waals surface area contributed by atoms with Crippen molar-refractivity contribution in [1.82, 2.24) is 0 Å². The van der Waals surface area contributed by atoms with Crippen molar-refractivity contribution in [1.29, 1.82) is 0 Å². The van der Waals surface area contributed by atoms with Gasteiger partial charge in [0.1, 0.15) is 11.2 Å². The minimum Gasteiger partial charge on any atom is -0.456 e. The smallest absolute Gasteiger partial charge is 0.138 e. The molecule has 3 nitrogen and oxygen atoms in total. The van der Waals surface area contributed by atoms with E-state index in [0.717, 1.165) is 56.1 Å². The summed E-state index contributed by atoms with van der Waals surface area (Å²) in [7, 11) is 0. The Morgan fingerprint density at radius 3 is 1.33 bits per heavy atom. The van der Waals surface area contributed by atoms with Gasteiger partial charge >= 0.3 is 0 Å². The molecule has 0 N–H and O–H groups in total. The summed E-state index contributed by atoms with van der Waals surface area (Å²) in [5.41, 5.74) is 8.23. The quantitative estimate of drug-likeness (QED) is 0.205. The molecule has 0 atom stereocenters. The molecule has 0 bridgehead atoms.